The number of hydrogen-bond acceptors (Lipinski definition) is 7. The number of ether oxygens (including phenoxy) is 2. The summed E-state index contributed by atoms with van der Waals surface area (Å²) in [4.78, 5) is 49.0. The molecule has 0 aliphatic carbocycles. The summed E-state index contributed by atoms with van der Waals surface area (Å²) in [6, 6.07) is 8.67. The highest BCUT2D eigenvalue weighted by Gasteiger charge is 2.37. The van der Waals surface area contributed by atoms with E-state index in [2.05, 4.69) is 5.32 Å². The molecule has 4 rings (SSSR count). The van der Waals surface area contributed by atoms with Crippen LogP contribution >= 0.6 is 23.2 Å². The Labute approximate surface area is 232 Å². The molecule has 0 atom stereocenters. The van der Waals surface area contributed by atoms with Gasteiger partial charge < -0.3 is 9.47 Å². The molecule has 0 unspecified atom stereocenters. The highest BCUT2D eigenvalue weighted by molar-refractivity contribution is 6.43. The van der Waals surface area contributed by atoms with Crippen LogP contribution in [-0.4, -0.2) is 29.9 Å². The van der Waals surface area contributed by atoms with Gasteiger partial charge in [-0.15, -0.1) is 0 Å². The van der Waals surface area contributed by atoms with E-state index in [1.165, 1.54) is 43.5 Å². The van der Waals surface area contributed by atoms with Gasteiger partial charge in [0.2, 0.25) is 5.75 Å². The monoisotopic (exact) mass is 595 g/mol. The molecule has 206 valence electrons. The molecule has 1 aliphatic rings. The van der Waals surface area contributed by atoms with Gasteiger partial charge in [-0.05, 0) is 54.1 Å². The zero-order chi connectivity index (χ0) is 29.4. The van der Waals surface area contributed by atoms with Crippen LogP contribution in [0.15, 0.2) is 60.2 Å². The molecule has 1 saturated heterocycles. The Morgan fingerprint density at radius 2 is 1.65 bits per heavy atom. The second-order valence-electron chi connectivity index (χ2n) is 8.01. The van der Waals surface area contributed by atoms with Crippen molar-refractivity contribution in [2.45, 2.75) is 6.18 Å². The van der Waals surface area contributed by atoms with Gasteiger partial charge in [-0.2, -0.15) is 13.2 Å². The number of nitrogens with one attached hydrogen (secondary N) is 1. The van der Waals surface area contributed by atoms with Crippen molar-refractivity contribution in [2.24, 2.45) is 0 Å². The Kier molecular flexibility index (Phi) is 7.71. The van der Waals surface area contributed by atoms with Crippen LogP contribution in [0.25, 0.3) is 6.08 Å². The van der Waals surface area contributed by atoms with Crippen LogP contribution in [0.1, 0.15) is 11.1 Å². The summed E-state index contributed by atoms with van der Waals surface area (Å²) >= 11 is 11.9. The van der Waals surface area contributed by atoms with Gasteiger partial charge in [-0.25, -0.2) is 9.69 Å². The summed E-state index contributed by atoms with van der Waals surface area (Å²) < 4.78 is 49.7. The summed E-state index contributed by atoms with van der Waals surface area (Å²) in [7, 11) is 1.23. The molecule has 0 bridgehead atoms. The topological polar surface area (TPSA) is 128 Å². The van der Waals surface area contributed by atoms with Gasteiger partial charge in [-0.1, -0.05) is 29.3 Å². The average Bonchev–Trinajstić information content (AvgIpc) is 2.88. The minimum absolute atomic E-state index is 0.0374. The highest BCUT2D eigenvalue weighted by Crippen LogP contribution is 2.40. The number of carbonyl (C=O) groups is 3. The van der Waals surface area contributed by atoms with Gasteiger partial charge in [0.25, 0.3) is 11.8 Å². The SMILES string of the molecule is COc1cc(/C=C2\C(=O)NC(=O)N(c3ccc(Cl)c(Cl)c3)C2=O)ccc1Oc1ccc(C(F)(F)F)cc1[N+](=O)[O-]. The standard InChI is InChI=1S/C25H14Cl2F3N3O7/c1-39-21-9-12(2-6-20(21)40-19-7-3-13(25(28,29)30)10-18(19)33(37)38)8-15-22(34)31-24(36)32(23(15)35)14-4-5-16(26)17(27)11-14/h2-11H,1H3,(H,31,34,36)/b15-8+. The third-order valence-electron chi connectivity index (χ3n) is 5.46. The quantitative estimate of drug-likeness (QED) is 0.151. The number of methoxy groups -OCH3 is 1. The van der Waals surface area contributed by atoms with Crippen LogP contribution in [0.4, 0.5) is 29.3 Å². The lowest BCUT2D eigenvalue weighted by atomic mass is 10.1. The number of halogens is 5. The van der Waals surface area contributed by atoms with Crippen LogP contribution < -0.4 is 19.7 Å². The third-order valence-corrected chi connectivity index (χ3v) is 6.20. The Morgan fingerprint density at radius 3 is 2.27 bits per heavy atom. The smallest absolute Gasteiger partial charge is 0.416 e. The maximum atomic E-state index is 13.1. The zero-order valence-electron chi connectivity index (χ0n) is 19.9. The Morgan fingerprint density at radius 1 is 0.950 bits per heavy atom. The maximum Gasteiger partial charge on any atom is 0.416 e. The Bertz CT molecular complexity index is 1610. The number of nitro groups is 1. The van der Waals surface area contributed by atoms with E-state index in [0.29, 0.717) is 17.0 Å². The second kappa shape index (κ2) is 10.9. The molecule has 10 nitrogen and oxygen atoms in total. The third kappa shape index (κ3) is 5.70. The van der Waals surface area contributed by atoms with Gasteiger partial charge in [0.1, 0.15) is 5.57 Å². The normalized spacial score (nSPS) is 14.8. The van der Waals surface area contributed by atoms with Crippen LogP contribution in [0.2, 0.25) is 10.0 Å². The van der Waals surface area contributed by atoms with Crippen LogP contribution in [0.3, 0.4) is 0 Å². The first-order chi connectivity index (χ1) is 18.8. The second-order valence-corrected chi connectivity index (χ2v) is 8.82. The molecule has 1 heterocycles. The van der Waals surface area contributed by atoms with Crippen LogP contribution in [-0.2, 0) is 15.8 Å². The van der Waals surface area contributed by atoms with E-state index < -0.39 is 51.5 Å². The molecule has 3 aromatic rings. The minimum Gasteiger partial charge on any atom is -0.493 e. The Hall–Kier alpha value is -4.62. The summed E-state index contributed by atoms with van der Waals surface area (Å²) in [6.07, 6.45) is -3.65. The number of barbiturate groups is 1. The summed E-state index contributed by atoms with van der Waals surface area (Å²) in [5.74, 6) is -2.58. The molecule has 0 spiro atoms. The molecule has 3 aromatic carbocycles. The van der Waals surface area contributed by atoms with Gasteiger partial charge >= 0.3 is 17.9 Å². The fourth-order valence-electron chi connectivity index (χ4n) is 3.58. The summed E-state index contributed by atoms with van der Waals surface area (Å²) in [5.41, 5.74) is -2.33. The lowest BCUT2D eigenvalue weighted by Gasteiger charge is -2.26. The number of alkyl halides is 3. The van der Waals surface area contributed by atoms with Crippen molar-refractivity contribution in [3.8, 4) is 17.2 Å². The molecule has 15 heteroatoms. The molecule has 4 amide bonds. The number of amides is 4. The van der Waals surface area contributed by atoms with E-state index in [0.717, 1.165) is 12.1 Å². The molecule has 1 N–H and O–H groups in total. The molecule has 40 heavy (non-hydrogen) atoms. The summed E-state index contributed by atoms with van der Waals surface area (Å²) in [5, 5.41) is 13.7. The number of imide groups is 2. The number of nitro benzene ring substituents is 1. The van der Waals surface area contributed by atoms with Gasteiger partial charge in [-0.3, -0.25) is 25.0 Å². The van der Waals surface area contributed by atoms with Crippen molar-refractivity contribution in [3.05, 3.63) is 91.5 Å². The molecular formula is C25H14Cl2F3N3O7. The van der Waals surface area contributed by atoms with E-state index >= 15 is 0 Å². The Balaban J connectivity index is 1.67. The number of nitrogens with zero attached hydrogens (tertiary/aromatic N) is 2. The van der Waals surface area contributed by atoms with Crippen molar-refractivity contribution in [1.82, 2.24) is 5.32 Å². The van der Waals surface area contributed by atoms with Crippen molar-refractivity contribution >= 4 is 58.5 Å². The van der Waals surface area contributed by atoms with Gasteiger partial charge in [0.05, 0.1) is 33.3 Å². The van der Waals surface area contributed by atoms with Gasteiger partial charge in [0, 0.05) is 6.07 Å². The first-order valence-corrected chi connectivity index (χ1v) is 11.6. The average molecular weight is 596 g/mol. The number of urea groups is 1. The van der Waals surface area contributed by atoms with Crippen molar-refractivity contribution in [3.63, 3.8) is 0 Å². The van der Waals surface area contributed by atoms with Crippen LogP contribution in [0, 0.1) is 10.1 Å². The number of benzene rings is 3. The van der Waals surface area contributed by atoms with Crippen molar-refractivity contribution in [1.29, 1.82) is 0 Å². The van der Waals surface area contributed by atoms with Crippen LogP contribution in [0.5, 0.6) is 17.2 Å². The van der Waals surface area contributed by atoms with E-state index in [1.54, 1.807) is 0 Å². The lowest BCUT2D eigenvalue weighted by Crippen LogP contribution is -2.54. The summed E-state index contributed by atoms with van der Waals surface area (Å²) in [6.45, 7) is 0. The van der Waals surface area contributed by atoms with E-state index in [9.17, 15) is 37.7 Å². The van der Waals surface area contributed by atoms with Crippen molar-refractivity contribution in [2.75, 3.05) is 12.0 Å². The van der Waals surface area contributed by atoms with E-state index in [-0.39, 0.29) is 32.8 Å². The number of hydrogen-bond donors (Lipinski definition) is 1. The van der Waals surface area contributed by atoms with E-state index in [4.69, 9.17) is 32.7 Å². The predicted octanol–water partition coefficient (Wildman–Crippen LogP) is 6.39. The molecule has 0 aromatic heterocycles. The largest absolute Gasteiger partial charge is 0.493 e. The molecule has 1 aliphatic heterocycles. The molecule has 0 saturated carbocycles. The first-order valence-electron chi connectivity index (χ1n) is 10.9. The molecular weight excluding hydrogens is 582 g/mol. The number of rotatable bonds is 6. The fraction of sp³-hybridized carbons (Fsp3) is 0.0800. The molecule has 1 fully saturated rings. The fourth-order valence-corrected chi connectivity index (χ4v) is 3.87. The minimum atomic E-state index is -4.81. The first kappa shape index (κ1) is 28.4. The van der Waals surface area contributed by atoms with Crippen molar-refractivity contribution < 1.29 is 42.0 Å². The highest BCUT2D eigenvalue weighted by atomic mass is 35.5. The lowest BCUT2D eigenvalue weighted by molar-refractivity contribution is -0.385. The predicted molar refractivity (Wildman–Crippen MR) is 137 cm³/mol. The van der Waals surface area contributed by atoms with E-state index in [1.807, 2.05) is 0 Å². The number of anilines is 1. The number of carbonyl (C=O) groups excluding carboxylic acids is 3. The molecule has 0 radical (unpaired) electrons. The zero-order valence-corrected chi connectivity index (χ0v) is 21.4. The van der Waals surface area contributed by atoms with Gasteiger partial charge in [0.15, 0.2) is 11.5 Å². The maximum absolute atomic E-state index is 13.1.